The molecule has 0 spiro atoms. The van der Waals surface area contributed by atoms with Crippen molar-refractivity contribution in [3.8, 4) is 5.75 Å². The summed E-state index contributed by atoms with van der Waals surface area (Å²) in [5, 5.41) is 0. The smallest absolute Gasteiger partial charge is 0.163 e. The van der Waals surface area contributed by atoms with Gasteiger partial charge in [0.2, 0.25) is 0 Å². The molecule has 0 saturated heterocycles. The molecule has 2 nitrogen and oxygen atoms in total. The lowest BCUT2D eigenvalue weighted by Gasteiger charge is -2.20. The summed E-state index contributed by atoms with van der Waals surface area (Å²) in [7, 11) is 1.67. The third-order valence-corrected chi connectivity index (χ3v) is 4.20. The molecule has 24 heavy (non-hydrogen) atoms. The lowest BCUT2D eigenvalue weighted by atomic mass is 9.85. The summed E-state index contributed by atoms with van der Waals surface area (Å²) in [5.41, 5.74) is 2.90. The van der Waals surface area contributed by atoms with Crippen molar-refractivity contribution in [2.45, 2.75) is 12.3 Å². The van der Waals surface area contributed by atoms with Gasteiger partial charge in [0.1, 0.15) is 5.75 Å². The molecule has 0 unspecified atom stereocenters. The van der Waals surface area contributed by atoms with Crippen molar-refractivity contribution in [2.75, 3.05) is 7.11 Å². The van der Waals surface area contributed by atoms with Crippen LogP contribution in [0.1, 0.15) is 33.8 Å². The number of hydrogen-bond acceptors (Lipinski definition) is 2. The van der Waals surface area contributed by atoms with E-state index in [0.29, 0.717) is 6.42 Å². The van der Waals surface area contributed by atoms with Gasteiger partial charge in [-0.15, -0.1) is 0 Å². The van der Waals surface area contributed by atoms with Crippen molar-refractivity contribution in [1.29, 1.82) is 0 Å². The van der Waals surface area contributed by atoms with E-state index in [1.165, 1.54) is 0 Å². The molecule has 0 saturated carbocycles. The van der Waals surface area contributed by atoms with E-state index in [2.05, 4.69) is 12.1 Å². The molecule has 1 atom stereocenters. The quantitative estimate of drug-likeness (QED) is 0.591. The number of ether oxygens (including phenoxy) is 1. The molecule has 0 aliphatic heterocycles. The van der Waals surface area contributed by atoms with Gasteiger partial charge in [0.15, 0.2) is 5.78 Å². The summed E-state index contributed by atoms with van der Waals surface area (Å²) in [4.78, 5) is 12.8. The number of para-hydroxylation sites is 1. The third kappa shape index (κ3) is 3.54. The van der Waals surface area contributed by atoms with E-state index < -0.39 is 0 Å². The van der Waals surface area contributed by atoms with Gasteiger partial charge in [-0.05, 0) is 11.6 Å². The van der Waals surface area contributed by atoms with Crippen LogP contribution in [0, 0.1) is 0 Å². The number of benzene rings is 3. The van der Waals surface area contributed by atoms with Crippen molar-refractivity contribution in [2.24, 2.45) is 0 Å². The predicted molar refractivity (Wildman–Crippen MR) is 96.7 cm³/mol. The minimum absolute atomic E-state index is 0.0324. The second-order valence-electron chi connectivity index (χ2n) is 5.70. The zero-order chi connectivity index (χ0) is 16.8. The Morgan fingerprint density at radius 2 is 1.42 bits per heavy atom. The molecule has 0 fully saturated rings. The van der Waals surface area contributed by atoms with Gasteiger partial charge in [-0.3, -0.25) is 4.79 Å². The van der Waals surface area contributed by atoms with Crippen LogP contribution in [0.5, 0.6) is 5.75 Å². The van der Waals surface area contributed by atoms with Crippen molar-refractivity contribution in [3.05, 3.63) is 102 Å². The zero-order valence-corrected chi connectivity index (χ0v) is 13.7. The lowest BCUT2D eigenvalue weighted by molar-refractivity contribution is 0.0977. The number of carbonyl (C=O) groups excluding carboxylic acids is 1. The van der Waals surface area contributed by atoms with Gasteiger partial charge in [0.05, 0.1) is 7.11 Å². The zero-order valence-electron chi connectivity index (χ0n) is 13.7. The van der Waals surface area contributed by atoms with Gasteiger partial charge in [0, 0.05) is 23.5 Å². The standard InChI is InChI=1S/C22H20O2/c1-24-22-15-9-8-14-19(22)20(17-10-4-2-5-11-17)16-21(23)18-12-6-3-7-13-18/h2-15,20H,16H2,1H3/t20-/m1/s1. The molecule has 0 aliphatic carbocycles. The summed E-state index contributed by atoms with van der Waals surface area (Å²) in [6.45, 7) is 0. The Kier molecular flexibility index (Phi) is 5.07. The van der Waals surface area contributed by atoms with E-state index >= 15 is 0 Å². The normalized spacial score (nSPS) is 11.7. The van der Waals surface area contributed by atoms with Crippen molar-refractivity contribution in [1.82, 2.24) is 0 Å². The fourth-order valence-corrected chi connectivity index (χ4v) is 2.97. The van der Waals surface area contributed by atoms with Crippen molar-refractivity contribution in [3.63, 3.8) is 0 Å². The Hall–Kier alpha value is -2.87. The molecular formula is C22H20O2. The van der Waals surface area contributed by atoms with Crippen LogP contribution in [0.4, 0.5) is 0 Å². The number of Topliss-reactive ketones (excluding diaryl/α,β-unsaturated/α-hetero) is 1. The molecule has 0 N–H and O–H groups in total. The number of rotatable bonds is 6. The van der Waals surface area contributed by atoms with Crippen LogP contribution >= 0.6 is 0 Å². The highest BCUT2D eigenvalue weighted by Gasteiger charge is 2.21. The molecule has 0 heterocycles. The number of ketones is 1. The second-order valence-corrected chi connectivity index (χ2v) is 5.70. The molecule has 0 aliphatic rings. The fraction of sp³-hybridized carbons (Fsp3) is 0.136. The van der Waals surface area contributed by atoms with E-state index in [0.717, 1.165) is 22.4 Å². The Bertz CT molecular complexity index is 794. The van der Waals surface area contributed by atoms with Crippen LogP contribution < -0.4 is 4.74 Å². The number of methoxy groups -OCH3 is 1. The van der Waals surface area contributed by atoms with E-state index in [4.69, 9.17) is 4.74 Å². The van der Waals surface area contributed by atoms with E-state index in [-0.39, 0.29) is 11.7 Å². The van der Waals surface area contributed by atoms with Crippen LogP contribution in [0.2, 0.25) is 0 Å². The van der Waals surface area contributed by atoms with Gasteiger partial charge in [-0.25, -0.2) is 0 Å². The van der Waals surface area contributed by atoms with Crippen molar-refractivity contribution >= 4 is 5.78 Å². The van der Waals surface area contributed by atoms with Crippen LogP contribution in [-0.4, -0.2) is 12.9 Å². The Morgan fingerprint density at radius 3 is 2.08 bits per heavy atom. The molecule has 0 radical (unpaired) electrons. The minimum Gasteiger partial charge on any atom is -0.496 e. The van der Waals surface area contributed by atoms with Crippen LogP contribution in [0.15, 0.2) is 84.9 Å². The molecule has 0 aromatic heterocycles. The van der Waals surface area contributed by atoms with Gasteiger partial charge < -0.3 is 4.74 Å². The first-order chi connectivity index (χ1) is 11.8. The van der Waals surface area contributed by atoms with E-state index in [1.54, 1.807) is 7.11 Å². The topological polar surface area (TPSA) is 26.3 Å². The Labute approximate surface area is 142 Å². The summed E-state index contributed by atoms with van der Waals surface area (Å²) in [6, 6.07) is 27.5. The number of hydrogen-bond donors (Lipinski definition) is 0. The maximum absolute atomic E-state index is 12.8. The maximum Gasteiger partial charge on any atom is 0.163 e. The Morgan fingerprint density at radius 1 is 0.833 bits per heavy atom. The molecule has 3 aromatic carbocycles. The van der Waals surface area contributed by atoms with E-state index in [9.17, 15) is 4.79 Å². The summed E-state index contributed by atoms with van der Waals surface area (Å²) in [5.74, 6) is 0.914. The highest BCUT2D eigenvalue weighted by atomic mass is 16.5. The average Bonchev–Trinajstić information content (AvgIpc) is 2.67. The first-order valence-electron chi connectivity index (χ1n) is 8.05. The maximum atomic E-state index is 12.8. The average molecular weight is 316 g/mol. The SMILES string of the molecule is COc1ccccc1[C@H](CC(=O)c1ccccc1)c1ccccc1. The largest absolute Gasteiger partial charge is 0.496 e. The Balaban J connectivity index is 1.99. The highest BCUT2D eigenvalue weighted by molar-refractivity contribution is 5.96. The van der Waals surface area contributed by atoms with Crippen molar-refractivity contribution < 1.29 is 9.53 Å². The molecule has 3 rings (SSSR count). The van der Waals surface area contributed by atoms with Gasteiger partial charge in [0.25, 0.3) is 0 Å². The van der Waals surface area contributed by atoms with E-state index in [1.807, 2.05) is 72.8 Å². The number of carbonyl (C=O) groups is 1. The molecule has 0 amide bonds. The lowest BCUT2D eigenvalue weighted by Crippen LogP contribution is -2.10. The minimum atomic E-state index is -0.0324. The molecule has 3 aromatic rings. The van der Waals surface area contributed by atoms with Gasteiger partial charge >= 0.3 is 0 Å². The molecule has 2 heteroatoms. The highest BCUT2D eigenvalue weighted by Crippen LogP contribution is 2.35. The molecule has 120 valence electrons. The fourth-order valence-electron chi connectivity index (χ4n) is 2.97. The predicted octanol–water partition coefficient (Wildman–Crippen LogP) is 5.10. The second kappa shape index (κ2) is 7.60. The van der Waals surface area contributed by atoms with Gasteiger partial charge in [-0.2, -0.15) is 0 Å². The summed E-state index contributed by atoms with van der Waals surface area (Å²) < 4.78 is 5.52. The van der Waals surface area contributed by atoms with Crippen LogP contribution in [0.3, 0.4) is 0 Å². The summed E-state index contributed by atoms with van der Waals surface area (Å²) in [6.07, 6.45) is 0.411. The molecular weight excluding hydrogens is 296 g/mol. The third-order valence-electron chi connectivity index (χ3n) is 4.20. The van der Waals surface area contributed by atoms with Crippen LogP contribution in [-0.2, 0) is 0 Å². The monoisotopic (exact) mass is 316 g/mol. The van der Waals surface area contributed by atoms with Crippen LogP contribution in [0.25, 0.3) is 0 Å². The first-order valence-corrected chi connectivity index (χ1v) is 8.05. The molecule has 0 bridgehead atoms. The van der Waals surface area contributed by atoms with Gasteiger partial charge in [-0.1, -0.05) is 78.9 Å². The summed E-state index contributed by atoms with van der Waals surface area (Å²) >= 11 is 0. The first kappa shape index (κ1) is 16.0.